The van der Waals surface area contributed by atoms with Crippen molar-refractivity contribution in [3.05, 3.63) is 21.7 Å². The van der Waals surface area contributed by atoms with Crippen LogP contribution in [-0.2, 0) is 0 Å². The van der Waals surface area contributed by atoms with E-state index in [9.17, 15) is 9.90 Å². The van der Waals surface area contributed by atoms with E-state index in [1.54, 1.807) is 0 Å². The van der Waals surface area contributed by atoms with Crippen LogP contribution in [0, 0.1) is 5.92 Å². The molecule has 0 spiro atoms. The number of aromatic nitrogens is 2. The standard InChI is InChI=1S/C17H26N2O2/c1-2-11-7-9-13(10-8-11)15-18-16(20)14(17(21)19-15)12-5-3-4-6-12/h11-13H,2-10H2,1H3,(H2,18,19,20,21). The van der Waals surface area contributed by atoms with Crippen LogP contribution in [-0.4, -0.2) is 15.1 Å². The Kier molecular flexibility index (Phi) is 4.32. The molecule has 2 saturated carbocycles. The smallest absolute Gasteiger partial charge is 0.258 e. The van der Waals surface area contributed by atoms with E-state index in [1.165, 1.54) is 19.3 Å². The maximum atomic E-state index is 12.4. The first kappa shape index (κ1) is 14.6. The summed E-state index contributed by atoms with van der Waals surface area (Å²) in [5.41, 5.74) is 0.417. The molecule has 0 amide bonds. The Bertz CT molecular complexity index is 538. The van der Waals surface area contributed by atoms with Crippen molar-refractivity contribution < 1.29 is 5.11 Å². The molecular formula is C17H26N2O2. The minimum atomic E-state index is -0.109. The Morgan fingerprint density at radius 1 is 1.10 bits per heavy atom. The van der Waals surface area contributed by atoms with Crippen LogP contribution >= 0.6 is 0 Å². The molecule has 21 heavy (non-hydrogen) atoms. The second-order valence-corrected chi connectivity index (χ2v) is 6.80. The third-order valence-corrected chi connectivity index (χ3v) is 5.53. The van der Waals surface area contributed by atoms with Crippen molar-refractivity contribution in [2.75, 3.05) is 0 Å². The summed E-state index contributed by atoms with van der Waals surface area (Å²) >= 11 is 0. The predicted molar refractivity (Wildman–Crippen MR) is 82.7 cm³/mol. The minimum absolute atomic E-state index is 0.0155. The highest BCUT2D eigenvalue weighted by Gasteiger charge is 2.27. The second-order valence-electron chi connectivity index (χ2n) is 6.80. The normalized spacial score (nSPS) is 27.1. The summed E-state index contributed by atoms with van der Waals surface area (Å²) in [4.78, 5) is 19.7. The number of rotatable bonds is 3. The Balaban J connectivity index is 1.80. The third-order valence-electron chi connectivity index (χ3n) is 5.53. The van der Waals surface area contributed by atoms with E-state index >= 15 is 0 Å². The lowest BCUT2D eigenvalue weighted by molar-refractivity contribution is 0.309. The van der Waals surface area contributed by atoms with Gasteiger partial charge in [0.25, 0.3) is 5.56 Å². The van der Waals surface area contributed by atoms with Crippen LogP contribution in [0.2, 0.25) is 0 Å². The van der Waals surface area contributed by atoms with Gasteiger partial charge in [-0.25, -0.2) is 0 Å². The van der Waals surface area contributed by atoms with Gasteiger partial charge in [0.15, 0.2) is 0 Å². The van der Waals surface area contributed by atoms with Crippen LogP contribution in [0.3, 0.4) is 0 Å². The van der Waals surface area contributed by atoms with Gasteiger partial charge in [-0.1, -0.05) is 26.2 Å². The van der Waals surface area contributed by atoms with E-state index in [4.69, 9.17) is 0 Å². The Hall–Kier alpha value is -1.32. The molecule has 0 saturated heterocycles. The van der Waals surface area contributed by atoms with Gasteiger partial charge in [-0.3, -0.25) is 4.79 Å². The second kappa shape index (κ2) is 6.20. The number of hydrogen-bond donors (Lipinski definition) is 2. The average Bonchev–Trinajstić information content (AvgIpc) is 3.00. The zero-order valence-electron chi connectivity index (χ0n) is 12.9. The van der Waals surface area contributed by atoms with Crippen LogP contribution in [0.1, 0.15) is 87.9 Å². The fourth-order valence-electron chi connectivity index (χ4n) is 4.11. The van der Waals surface area contributed by atoms with E-state index in [-0.39, 0.29) is 17.4 Å². The summed E-state index contributed by atoms with van der Waals surface area (Å²) in [5.74, 6) is 2.02. The minimum Gasteiger partial charge on any atom is -0.493 e. The van der Waals surface area contributed by atoms with Crippen molar-refractivity contribution in [1.82, 2.24) is 9.97 Å². The molecule has 2 N–H and O–H groups in total. The van der Waals surface area contributed by atoms with Gasteiger partial charge in [-0.05, 0) is 50.4 Å². The highest BCUT2D eigenvalue weighted by Crippen LogP contribution is 2.38. The van der Waals surface area contributed by atoms with Crippen LogP contribution in [0.4, 0.5) is 0 Å². The molecule has 0 radical (unpaired) electrons. The quantitative estimate of drug-likeness (QED) is 0.889. The predicted octanol–water partition coefficient (Wildman–Crippen LogP) is 3.82. The number of nitrogens with one attached hydrogen (secondary N) is 1. The van der Waals surface area contributed by atoms with Crippen LogP contribution in [0.5, 0.6) is 5.88 Å². The van der Waals surface area contributed by atoms with Gasteiger partial charge in [0.2, 0.25) is 5.88 Å². The van der Waals surface area contributed by atoms with Crippen LogP contribution in [0.25, 0.3) is 0 Å². The molecule has 2 aliphatic carbocycles. The van der Waals surface area contributed by atoms with Crippen molar-refractivity contribution in [3.8, 4) is 5.88 Å². The van der Waals surface area contributed by atoms with Crippen molar-refractivity contribution >= 4 is 0 Å². The number of nitrogens with zero attached hydrogens (tertiary/aromatic N) is 1. The lowest BCUT2D eigenvalue weighted by Crippen LogP contribution is -2.22. The molecule has 3 rings (SSSR count). The van der Waals surface area contributed by atoms with Gasteiger partial charge in [0.05, 0.1) is 5.56 Å². The SMILES string of the molecule is CCC1CCC(c2nc(O)c(C3CCCC3)c(=O)[nH]2)CC1. The number of aromatic hydroxyl groups is 1. The van der Waals surface area contributed by atoms with Crippen molar-refractivity contribution in [1.29, 1.82) is 0 Å². The molecule has 4 nitrogen and oxygen atoms in total. The number of hydrogen-bond acceptors (Lipinski definition) is 3. The van der Waals surface area contributed by atoms with Crippen LogP contribution < -0.4 is 5.56 Å². The maximum absolute atomic E-state index is 12.4. The van der Waals surface area contributed by atoms with E-state index < -0.39 is 0 Å². The topological polar surface area (TPSA) is 66.0 Å². The molecule has 1 heterocycles. The summed E-state index contributed by atoms with van der Waals surface area (Å²) in [6, 6.07) is 0. The van der Waals surface area contributed by atoms with E-state index in [2.05, 4.69) is 16.9 Å². The fraction of sp³-hybridized carbons (Fsp3) is 0.765. The van der Waals surface area contributed by atoms with Gasteiger partial charge in [-0.15, -0.1) is 0 Å². The Labute approximate surface area is 126 Å². The van der Waals surface area contributed by atoms with Gasteiger partial charge < -0.3 is 10.1 Å². The van der Waals surface area contributed by atoms with Gasteiger partial charge in [0.1, 0.15) is 5.82 Å². The monoisotopic (exact) mass is 290 g/mol. The lowest BCUT2D eigenvalue weighted by Gasteiger charge is -2.27. The molecule has 0 bridgehead atoms. The average molecular weight is 290 g/mol. The molecule has 0 aliphatic heterocycles. The summed E-state index contributed by atoms with van der Waals surface area (Å²) in [7, 11) is 0. The van der Waals surface area contributed by atoms with Gasteiger partial charge in [-0.2, -0.15) is 4.98 Å². The molecule has 0 atom stereocenters. The molecule has 1 aromatic heterocycles. The Morgan fingerprint density at radius 2 is 1.76 bits per heavy atom. The van der Waals surface area contributed by atoms with Crippen molar-refractivity contribution in [2.45, 2.75) is 76.5 Å². The van der Waals surface area contributed by atoms with E-state index in [0.29, 0.717) is 17.3 Å². The number of aromatic amines is 1. The Morgan fingerprint density at radius 3 is 2.33 bits per heavy atom. The molecule has 0 aromatic carbocycles. The third kappa shape index (κ3) is 2.99. The van der Waals surface area contributed by atoms with Crippen LogP contribution in [0.15, 0.2) is 4.79 Å². The molecular weight excluding hydrogens is 264 g/mol. The summed E-state index contributed by atoms with van der Waals surface area (Å²) in [5, 5.41) is 10.2. The van der Waals surface area contributed by atoms with E-state index in [0.717, 1.165) is 44.4 Å². The van der Waals surface area contributed by atoms with Crippen molar-refractivity contribution in [2.24, 2.45) is 5.92 Å². The number of H-pyrrole nitrogens is 1. The lowest BCUT2D eigenvalue weighted by atomic mass is 9.80. The van der Waals surface area contributed by atoms with Gasteiger partial charge >= 0.3 is 0 Å². The highest BCUT2D eigenvalue weighted by atomic mass is 16.3. The molecule has 1 aromatic rings. The zero-order valence-corrected chi connectivity index (χ0v) is 12.9. The maximum Gasteiger partial charge on any atom is 0.258 e. The van der Waals surface area contributed by atoms with Gasteiger partial charge in [0, 0.05) is 5.92 Å². The molecule has 4 heteroatoms. The molecule has 2 aliphatic rings. The summed E-state index contributed by atoms with van der Waals surface area (Å²) in [6.07, 6.45) is 10.1. The first-order chi connectivity index (χ1) is 10.2. The molecule has 116 valence electrons. The largest absolute Gasteiger partial charge is 0.493 e. The van der Waals surface area contributed by atoms with Crippen molar-refractivity contribution in [3.63, 3.8) is 0 Å². The van der Waals surface area contributed by atoms with E-state index in [1.807, 2.05) is 0 Å². The highest BCUT2D eigenvalue weighted by molar-refractivity contribution is 5.28. The first-order valence-corrected chi connectivity index (χ1v) is 8.52. The summed E-state index contributed by atoms with van der Waals surface area (Å²) in [6.45, 7) is 2.24. The first-order valence-electron chi connectivity index (χ1n) is 8.52. The fourth-order valence-corrected chi connectivity index (χ4v) is 4.11. The molecule has 2 fully saturated rings. The zero-order chi connectivity index (χ0) is 14.8. The summed E-state index contributed by atoms with van der Waals surface area (Å²) < 4.78 is 0. The molecule has 0 unspecified atom stereocenters.